The minimum Gasteiger partial charge on any atom is -0.342 e. The zero-order valence-corrected chi connectivity index (χ0v) is 16.1. The molecule has 1 saturated heterocycles. The number of fused-ring (bicyclic) bond motifs is 1. The summed E-state index contributed by atoms with van der Waals surface area (Å²) >= 11 is 1.59. The summed E-state index contributed by atoms with van der Waals surface area (Å²) < 4.78 is 0. The zero-order valence-electron chi connectivity index (χ0n) is 15.3. The van der Waals surface area contributed by atoms with Crippen LogP contribution < -0.4 is 0 Å². The van der Waals surface area contributed by atoms with Crippen molar-refractivity contribution in [2.45, 2.75) is 45.4 Å². The van der Waals surface area contributed by atoms with E-state index in [4.69, 9.17) is 4.98 Å². The Morgan fingerprint density at radius 3 is 3.08 bits per heavy atom. The van der Waals surface area contributed by atoms with Crippen molar-refractivity contribution in [1.29, 1.82) is 0 Å². The minimum absolute atomic E-state index is 0.0561. The van der Waals surface area contributed by atoms with Gasteiger partial charge in [-0.25, -0.2) is 9.97 Å². The summed E-state index contributed by atoms with van der Waals surface area (Å²) in [5.41, 5.74) is 3.89. The third-order valence-corrected chi connectivity index (χ3v) is 5.97. The fraction of sp³-hybridized carbons (Fsp3) is 0.450. The van der Waals surface area contributed by atoms with E-state index in [0.717, 1.165) is 54.1 Å². The third-order valence-electron chi connectivity index (χ3n) is 5.06. The number of imidazole rings is 1. The number of carbonyl (C=O) groups excluding carboxylic acids is 1. The smallest absolute Gasteiger partial charge is 0.273 e. The van der Waals surface area contributed by atoms with Gasteiger partial charge in [-0.15, -0.1) is 11.3 Å². The quantitative estimate of drug-likeness (QED) is 0.747. The molecule has 4 rings (SSSR count). The fourth-order valence-corrected chi connectivity index (χ4v) is 4.55. The summed E-state index contributed by atoms with van der Waals surface area (Å²) in [5, 5.41) is 2.96. The van der Waals surface area contributed by atoms with Crippen LogP contribution in [0.1, 0.15) is 59.0 Å². The van der Waals surface area contributed by atoms with E-state index in [-0.39, 0.29) is 11.8 Å². The maximum absolute atomic E-state index is 12.9. The lowest BCUT2D eigenvalue weighted by molar-refractivity contribution is 0.0699. The van der Waals surface area contributed by atoms with Crippen LogP contribution in [0.15, 0.2) is 23.6 Å². The molecule has 1 fully saturated rings. The SMILES string of the molecule is CCCc1nc(C(=O)N2CCC[C@H](c3nc4c(C)cccc4[nH]3)C2)cs1. The Bertz CT molecular complexity index is 929. The Morgan fingerprint density at radius 2 is 2.27 bits per heavy atom. The molecule has 1 aliphatic heterocycles. The fourth-order valence-electron chi connectivity index (χ4n) is 3.67. The standard InChI is InChI=1S/C20H24N4OS/c1-3-6-17-21-16(12-26-17)20(25)24-10-5-8-14(11-24)19-22-15-9-4-7-13(2)18(15)23-19/h4,7,9,12,14H,3,5-6,8,10-11H2,1-2H3,(H,22,23)/t14-/m0/s1. The highest BCUT2D eigenvalue weighted by molar-refractivity contribution is 7.09. The summed E-state index contributed by atoms with van der Waals surface area (Å²) in [6.07, 6.45) is 4.05. The maximum atomic E-state index is 12.9. The third kappa shape index (κ3) is 3.26. The minimum atomic E-state index is 0.0561. The second-order valence-corrected chi connectivity index (χ2v) is 8.00. The lowest BCUT2D eigenvalue weighted by Crippen LogP contribution is -2.39. The van der Waals surface area contributed by atoms with Gasteiger partial charge in [-0.1, -0.05) is 19.1 Å². The number of carbonyl (C=O) groups is 1. The molecule has 136 valence electrons. The van der Waals surface area contributed by atoms with Gasteiger partial charge in [0.2, 0.25) is 0 Å². The van der Waals surface area contributed by atoms with E-state index < -0.39 is 0 Å². The number of aryl methyl sites for hydroxylation is 2. The zero-order chi connectivity index (χ0) is 18.1. The van der Waals surface area contributed by atoms with Crippen LogP contribution in [0, 0.1) is 6.92 Å². The van der Waals surface area contributed by atoms with Gasteiger partial charge in [-0.05, 0) is 44.2 Å². The lowest BCUT2D eigenvalue weighted by Gasteiger charge is -2.31. The second-order valence-electron chi connectivity index (χ2n) is 7.06. The molecule has 2 aromatic heterocycles. The number of hydrogen-bond acceptors (Lipinski definition) is 4. The number of rotatable bonds is 4. The number of amides is 1. The lowest BCUT2D eigenvalue weighted by atomic mass is 9.97. The molecule has 0 bridgehead atoms. The van der Waals surface area contributed by atoms with Crippen LogP contribution in [0.2, 0.25) is 0 Å². The van der Waals surface area contributed by atoms with Gasteiger partial charge in [-0.3, -0.25) is 4.79 Å². The van der Waals surface area contributed by atoms with E-state index in [9.17, 15) is 4.79 Å². The van der Waals surface area contributed by atoms with Crippen LogP contribution >= 0.6 is 11.3 Å². The molecule has 6 heteroatoms. The first kappa shape index (κ1) is 17.2. The van der Waals surface area contributed by atoms with E-state index in [2.05, 4.69) is 35.9 Å². The average Bonchev–Trinajstić information content (AvgIpc) is 3.29. The van der Waals surface area contributed by atoms with Crippen LogP contribution in [0.5, 0.6) is 0 Å². The number of piperidine rings is 1. The van der Waals surface area contributed by atoms with Gasteiger partial charge >= 0.3 is 0 Å². The number of hydrogen-bond donors (Lipinski definition) is 1. The van der Waals surface area contributed by atoms with Gasteiger partial charge in [0.05, 0.1) is 16.0 Å². The van der Waals surface area contributed by atoms with E-state index in [1.165, 1.54) is 5.56 Å². The van der Waals surface area contributed by atoms with Gasteiger partial charge in [0.15, 0.2) is 0 Å². The van der Waals surface area contributed by atoms with E-state index in [0.29, 0.717) is 12.2 Å². The van der Waals surface area contributed by atoms with Crippen LogP contribution in [0.4, 0.5) is 0 Å². The van der Waals surface area contributed by atoms with Crippen LogP contribution in [0.25, 0.3) is 11.0 Å². The second kappa shape index (κ2) is 7.19. The van der Waals surface area contributed by atoms with Crippen LogP contribution in [0.3, 0.4) is 0 Å². The van der Waals surface area contributed by atoms with Crippen molar-refractivity contribution >= 4 is 28.3 Å². The Kier molecular flexibility index (Phi) is 4.76. The number of H-pyrrole nitrogens is 1. The molecular formula is C20H24N4OS. The van der Waals surface area contributed by atoms with Crippen molar-refractivity contribution < 1.29 is 4.79 Å². The topological polar surface area (TPSA) is 61.9 Å². The van der Waals surface area contributed by atoms with Crippen molar-refractivity contribution in [3.8, 4) is 0 Å². The van der Waals surface area contributed by atoms with Crippen LogP contribution in [-0.4, -0.2) is 38.8 Å². The Balaban J connectivity index is 1.52. The molecule has 1 atom stereocenters. The number of aromatic nitrogens is 3. The summed E-state index contributed by atoms with van der Waals surface area (Å²) in [7, 11) is 0. The number of para-hydroxylation sites is 1. The monoisotopic (exact) mass is 368 g/mol. The van der Waals surface area contributed by atoms with Crippen LogP contribution in [-0.2, 0) is 6.42 Å². The van der Waals surface area contributed by atoms with E-state index in [1.54, 1.807) is 11.3 Å². The first-order chi connectivity index (χ1) is 12.7. The molecule has 1 aliphatic rings. The Morgan fingerprint density at radius 1 is 1.38 bits per heavy atom. The predicted molar refractivity (Wildman–Crippen MR) is 105 cm³/mol. The van der Waals surface area contributed by atoms with Crippen molar-refractivity contribution in [3.05, 3.63) is 45.7 Å². The molecule has 0 radical (unpaired) electrons. The van der Waals surface area contributed by atoms with Gasteiger partial charge in [-0.2, -0.15) is 0 Å². The predicted octanol–water partition coefficient (Wildman–Crippen LogP) is 4.30. The highest BCUT2D eigenvalue weighted by Gasteiger charge is 2.28. The first-order valence-corrected chi connectivity index (χ1v) is 10.2. The molecular weight excluding hydrogens is 344 g/mol. The molecule has 1 N–H and O–H groups in total. The normalized spacial score (nSPS) is 17.8. The molecule has 26 heavy (non-hydrogen) atoms. The summed E-state index contributed by atoms with van der Waals surface area (Å²) in [4.78, 5) is 27.6. The molecule has 0 aliphatic carbocycles. The Labute approximate surface area is 157 Å². The molecule has 0 spiro atoms. The van der Waals surface area contributed by atoms with Gasteiger partial charge in [0.25, 0.3) is 5.91 Å². The van der Waals surface area contributed by atoms with Crippen molar-refractivity contribution in [3.63, 3.8) is 0 Å². The van der Waals surface area contributed by atoms with Gasteiger partial charge in [0, 0.05) is 24.4 Å². The van der Waals surface area contributed by atoms with E-state index >= 15 is 0 Å². The van der Waals surface area contributed by atoms with Crippen molar-refractivity contribution in [2.24, 2.45) is 0 Å². The summed E-state index contributed by atoms with van der Waals surface area (Å²) in [6, 6.07) is 6.20. The molecule has 1 aromatic carbocycles. The molecule has 5 nitrogen and oxygen atoms in total. The first-order valence-electron chi connectivity index (χ1n) is 9.34. The van der Waals surface area contributed by atoms with Crippen molar-refractivity contribution in [2.75, 3.05) is 13.1 Å². The molecule has 3 aromatic rings. The number of thiazole rings is 1. The highest BCUT2D eigenvalue weighted by Crippen LogP contribution is 2.28. The number of likely N-dealkylation sites (tertiary alicyclic amines) is 1. The average molecular weight is 369 g/mol. The number of nitrogens with zero attached hydrogens (tertiary/aromatic N) is 3. The summed E-state index contributed by atoms with van der Waals surface area (Å²) in [5.74, 6) is 1.31. The molecule has 1 amide bonds. The van der Waals surface area contributed by atoms with Crippen molar-refractivity contribution in [1.82, 2.24) is 19.9 Å². The van der Waals surface area contributed by atoms with E-state index in [1.807, 2.05) is 16.3 Å². The number of aromatic amines is 1. The number of benzene rings is 1. The van der Waals surface area contributed by atoms with Gasteiger partial charge < -0.3 is 9.88 Å². The maximum Gasteiger partial charge on any atom is 0.273 e. The summed E-state index contributed by atoms with van der Waals surface area (Å²) in [6.45, 7) is 5.72. The molecule has 0 saturated carbocycles. The highest BCUT2D eigenvalue weighted by atomic mass is 32.1. The molecule has 0 unspecified atom stereocenters. The van der Waals surface area contributed by atoms with Gasteiger partial charge in [0.1, 0.15) is 11.5 Å². The molecule has 3 heterocycles. The largest absolute Gasteiger partial charge is 0.342 e. The number of nitrogens with one attached hydrogen (secondary N) is 1. The Hall–Kier alpha value is -2.21.